The van der Waals surface area contributed by atoms with Crippen LogP contribution in [0.1, 0.15) is 24.2 Å². The van der Waals surface area contributed by atoms with Crippen molar-refractivity contribution in [3.05, 3.63) is 16.8 Å². The summed E-state index contributed by atoms with van der Waals surface area (Å²) >= 11 is 5.79. The summed E-state index contributed by atoms with van der Waals surface area (Å²) < 4.78 is 0. The fraction of sp³-hybridized carbons (Fsp3) is 0.615. The highest BCUT2D eigenvalue weighted by Crippen LogP contribution is 2.24. The van der Waals surface area contributed by atoms with E-state index in [1.165, 1.54) is 6.07 Å². The molecule has 0 aliphatic carbocycles. The number of aromatic nitrogens is 2. The molecular formula is C13H20ClN5O2. The quantitative estimate of drug-likeness (QED) is 0.820. The summed E-state index contributed by atoms with van der Waals surface area (Å²) in [7, 11) is 0. The number of carbonyl (C=O) groups is 1. The Morgan fingerprint density at radius 1 is 1.43 bits per heavy atom. The van der Waals surface area contributed by atoms with Gasteiger partial charge in [-0.05, 0) is 19.9 Å². The maximum Gasteiger partial charge on any atom is 0.252 e. The SMILES string of the molecule is C[C@@H]1CN(c2nnc(Cl)cc2C(N)=O)C[C@H](C)N1CCO. The number of carbonyl (C=O) groups excluding carboxylic acids is 1. The van der Waals surface area contributed by atoms with Crippen LogP contribution in [0.3, 0.4) is 0 Å². The molecule has 8 heteroatoms. The number of hydrogen-bond acceptors (Lipinski definition) is 6. The molecular weight excluding hydrogens is 294 g/mol. The number of rotatable bonds is 4. The molecule has 1 amide bonds. The van der Waals surface area contributed by atoms with Gasteiger partial charge in [0.2, 0.25) is 0 Å². The molecule has 1 aromatic rings. The van der Waals surface area contributed by atoms with Crippen molar-refractivity contribution >= 4 is 23.3 Å². The molecule has 1 aliphatic rings. The van der Waals surface area contributed by atoms with E-state index in [0.717, 1.165) is 0 Å². The number of nitrogens with zero attached hydrogens (tertiary/aromatic N) is 4. The van der Waals surface area contributed by atoms with E-state index in [-0.39, 0.29) is 29.4 Å². The van der Waals surface area contributed by atoms with Crippen LogP contribution in [0.5, 0.6) is 0 Å². The normalized spacial score (nSPS) is 23.3. The van der Waals surface area contributed by atoms with Crippen LogP contribution in [0.25, 0.3) is 0 Å². The average Bonchev–Trinajstić information content (AvgIpc) is 2.42. The van der Waals surface area contributed by atoms with Crippen LogP contribution in [-0.2, 0) is 0 Å². The molecule has 1 aliphatic heterocycles. The molecule has 0 aromatic carbocycles. The van der Waals surface area contributed by atoms with Crippen LogP contribution in [0, 0.1) is 0 Å². The Hall–Kier alpha value is -1.44. The Bertz CT molecular complexity index is 515. The van der Waals surface area contributed by atoms with Crippen LogP contribution < -0.4 is 10.6 Å². The number of aliphatic hydroxyl groups is 1. The van der Waals surface area contributed by atoms with Gasteiger partial charge in [0.05, 0.1) is 12.2 Å². The lowest BCUT2D eigenvalue weighted by Gasteiger charge is -2.44. The molecule has 2 atom stereocenters. The minimum Gasteiger partial charge on any atom is -0.395 e. The summed E-state index contributed by atoms with van der Waals surface area (Å²) in [5.41, 5.74) is 5.68. The van der Waals surface area contributed by atoms with E-state index in [2.05, 4.69) is 28.9 Å². The van der Waals surface area contributed by atoms with E-state index >= 15 is 0 Å². The van der Waals surface area contributed by atoms with E-state index < -0.39 is 5.91 Å². The van der Waals surface area contributed by atoms with Crippen molar-refractivity contribution in [2.45, 2.75) is 25.9 Å². The van der Waals surface area contributed by atoms with Gasteiger partial charge in [0.1, 0.15) is 0 Å². The second kappa shape index (κ2) is 6.55. The molecule has 2 rings (SSSR count). The van der Waals surface area contributed by atoms with Gasteiger partial charge in [0.25, 0.3) is 5.91 Å². The number of hydrogen-bond donors (Lipinski definition) is 2. The van der Waals surface area contributed by atoms with Crippen molar-refractivity contribution < 1.29 is 9.90 Å². The van der Waals surface area contributed by atoms with E-state index in [4.69, 9.17) is 22.4 Å². The van der Waals surface area contributed by atoms with Crippen LogP contribution in [0.2, 0.25) is 5.15 Å². The predicted molar refractivity (Wildman–Crippen MR) is 80.5 cm³/mol. The average molecular weight is 314 g/mol. The zero-order valence-electron chi connectivity index (χ0n) is 12.2. The molecule has 0 saturated carbocycles. The Kier molecular flexibility index (Phi) is 4.97. The van der Waals surface area contributed by atoms with Gasteiger partial charge in [-0.15, -0.1) is 10.2 Å². The summed E-state index contributed by atoms with van der Waals surface area (Å²) in [5, 5.41) is 17.1. The molecule has 1 aromatic heterocycles. The first kappa shape index (κ1) is 15.9. The third-order valence-corrected chi connectivity index (χ3v) is 3.95. The molecule has 7 nitrogen and oxygen atoms in total. The van der Waals surface area contributed by atoms with Gasteiger partial charge in [-0.25, -0.2) is 0 Å². The van der Waals surface area contributed by atoms with Gasteiger partial charge in [0.15, 0.2) is 11.0 Å². The summed E-state index contributed by atoms with van der Waals surface area (Å²) in [5.74, 6) is -0.103. The lowest BCUT2D eigenvalue weighted by Crippen LogP contribution is -2.57. The van der Waals surface area contributed by atoms with Crippen molar-refractivity contribution in [1.29, 1.82) is 0 Å². The molecule has 0 bridgehead atoms. The monoisotopic (exact) mass is 313 g/mol. The van der Waals surface area contributed by atoms with Gasteiger partial charge in [0, 0.05) is 31.7 Å². The van der Waals surface area contributed by atoms with Crippen LogP contribution in [-0.4, -0.2) is 64.4 Å². The van der Waals surface area contributed by atoms with Crippen LogP contribution in [0.4, 0.5) is 5.82 Å². The zero-order valence-corrected chi connectivity index (χ0v) is 12.9. The second-order valence-electron chi connectivity index (χ2n) is 5.33. The first-order valence-electron chi connectivity index (χ1n) is 6.88. The standard InChI is InChI=1S/C13H20ClN5O2/c1-8-6-18(7-9(2)19(8)3-4-20)13-10(12(15)21)5-11(14)16-17-13/h5,8-9,20H,3-4,6-7H2,1-2H3,(H2,15,21)/t8-,9+. The Balaban J connectivity index is 2.26. The van der Waals surface area contributed by atoms with Gasteiger partial charge in [-0.3, -0.25) is 9.69 Å². The Morgan fingerprint density at radius 2 is 2.05 bits per heavy atom. The van der Waals surface area contributed by atoms with E-state index in [1.54, 1.807) is 0 Å². The highest BCUT2D eigenvalue weighted by molar-refractivity contribution is 6.29. The first-order chi connectivity index (χ1) is 9.93. The maximum atomic E-state index is 11.6. The number of aliphatic hydroxyl groups excluding tert-OH is 1. The molecule has 0 spiro atoms. The second-order valence-corrected chi connectivity index (χ2v) is 5.72. The van der Waals surface area contributed by atoms with E-state index in [1.807, 2.05) is 4.90 Å². The zero-order chi connectivity index (χ0) is 15.6. The molecule has 0 radical (unpaired) electrons. The topological polar surface area (TPSA) is 95.6 Å². The van der Waals surface area contributed by atoms with Crippen LogP contribution in [0.15, 0.2) is 6.07 Å². The minimum atomic E-state index is -0.570. The summed E-state index contributed by atoms with van der Waals surface area (Å²) in [4.78, 5) is 15.8. The maximum absolute atomic E-state index is 11.6. The van der Waals surface area contributed by atoms with Gasteiger partial charge >= 0.3 is 0 Å². The number of amides is 1. The van der Waals surface area contributed by atoms with Crippen LogP contribution >= 0.6 is 11.6 Å². The fourth-order valence-corrected chi connectivity index (χ4v) is 3.01. The Labute approximate surface area is 128 Å². The summed E-state index contributed by atoms with van der Waals surface area (Å²) in [6.07, 6.45) is 0. The smallest absolute Gasteiger partial charge is 0.252 e. The number of anilines is 1. The van der Waals surface area contributed by atoms with E-state index in [9.17, 15) is 4.79 Å². The van der Waals surface area contributed by atoms with Crippen molar-refractivity contribution in [2.75, 3.05) is 31.1 Å². The highest BCUT2D eigenvalue weighted by Gasteiger charge is 2.31. The molecule has 116 valence electrons. The van der Waals surface area contributed by atoms with E-state index in [0.29, 0.717) is 25.5 Å². The molecule has 3 N–H and O–H groups in total. The predicted octanol–water partition coefficient (Wildman–Crippen LogP) is 0.120. The number of piperazine rings is 1. The third kappa shape index (κ3) is 3.42. The molecule has 1 fully saturated rings. The first-order valence-corrected chi connectivity index (χ1v) is 7.26. The van der Waals surface area contributed by atoms with Crippen molar-refractivity contribution in [3.8, 4) is 0 Å². The van der Waals surface area contributed by atoms with Gasteiger partial charge in [-0.2, -0.15) is 0 Å². The van der Waals surface area contributed by atoms with Crippen molar-refractivity contribution in [3.63, 3.8) is 0 Å². The number of primary amides is 1. The summed E-state index contributed by atoms with van der Waals surface area (Å²) in [6.45, 7) is 6.27. The van der Waals surface area contributed by atoms with Gasteiger partial charge < -0.3 is 15.7 Å². The molecule has 0 unspecified atom stereocenters. The van der Waals surface area contributed by atoms with Gasteiger partial charge in [-0.1, -0.05) is 11.6 Å². The lowest BCUT2D eigenvalue weighted by atomic mass is 10.1. The minimum absolute atomic E-state index is 0.127. The number of β-amino-alcohol motifs (C(OH)–C–C–N with tert-alkyl or cyclic N) is 1. The highest BCUT2D eigenvalue weighted by atomic mass is 35.5. The molecule has 2 heterocycles. The lowest BCUT2D eigenvalue weighted by molar-refractivity contribution is 0.0988. The molecule has 21 heavy (non-hydrogen) atoms. The number of halogens is 1. The largest absolute Gasteiger partial charge is 0.395 e. The summed E-state index contributed by atoms with van der Waals surface area (Å²) in [6, 6.07) is 1.89. The third-order valence-electron chi connectivity index (χ3n) is 3.77. The fourth-order valence-electron chi connectivity index (χ4n) is 2.86. The van der Waals surface area contributed by atoms with Crippen molar-refractivity contribution in [1.82, 2.24) is 15.1 Å². The molecule has 1 saturated heterocycles. The van der Waals surface area contributed by atoms with Crippen molar-refractivity contribution in [2.24, 2.45) is 5.73 Å². The number of nitrogens with two attached hydrogens (primary N) is 1. The Morgan fingerprint density at radius 3 is 2.57 bits per heavy atom.